The molecule has 5 heteroatoms. The minimum Gasteiger partial charge on any atom is -0.429 e. The number of benzene rings is 1. The van der Waals surface area contributed by atoms with E-state index in [4.69, 9.17) is 10.0 Å². The van der Waals surface area contributed by atoms with Gasteiger partial charge in [0.2, 0.25) is 0 Å². The van der Waals surface area contributed by atoms with Gasteiger partial charge in [-0.05, 0) is 12.1 Å². The van der Waals surface area contributed by atoms with Crippen LogP contribution in [-0.4, -0.2) is 28.2 Å². The molecule has 0 fully saturated rings. The second kappa shape index (κ2) is 7.03. The maximum atomic E-state index is 10.8. The Morgan fingerprint density at radius 3 is 1.92 bits per heavy atom. The van der Waals surface area contributed by atoms with Crippen molar-refractivity contribution >= 4 is 18.5 Å². The first-order chi connectivity index (χ1) is 5.72. The molecule has 0 aliphatic heterocycles. The van der Waals surface area contributed by atoms with Crippen molar-refractivity contribution in [3.8, 4) is 0 Å². The monoisotopic (exact) mass is 185 g/mol. The lowest BCUT2D eigenvalue weighted by Gasteiger charge is -1.90. The SMILES string of the molecule is CS(=O)c1ccccc1.O[B]O. The van der Waals surface area contributed by atoms with Crippen molar-refractivity contribution in [3.05, 3.63) is 30.3 Å². The van der Waals surface area contributed by atoms with Gasteiger partial charge in [-0.2, -0.15) is 0 Å². The quantitative estimate of drug-likeness (QED) is 0.602. The van der Waals surface area contributed by atoms with Crippen LogP contribution in [0.1, 0.15) is 0 Å². The minimum absolute atomic E-state index is 0. The summed E-state index contributed by atoms with van der Waals surface area (Å²) in [5.74, 6) is 0. The standard InChI is InChI=1S/C7H8OS.BH2O2/c1-9(8)7-5-3-2-4-6-7;2-1-3/h2-6H,1H3;2-3H. The van der Waals surface area contributed by atoms with E-state index in [1.165, 1.54) is 0 Å². The van der Waals surface area contributed by atoms with Gasteiger partial charge >= 0.3 is 7.69 Å². The highest BCUT2D eigenvalue weighted by Gasteiger charge is 1.90. The predicted molar refractivity (Wildman–Crippen MR) is 49.0 cm³/mol. The van der Waals surface area contributed by atoms with Gasteiger partial charge in [0.05, 0.1) is 0 Å². The summed E-state index contributed by atoms with van der Waals surface area (Å²) in [5.41, 5.74) is 0. The third-order valence-electron chi connectivity index (χ3n) is 1.08. The summed E-state index contributed by atoms with van der Waals surface area (Å²) in [6, 6.07) is 9.40. The van der Waals surface area contributed by atoms with Gasteiger partial charge in [0.15, 0.2) is 0 Å². The van der Waals surface area contributed by atoms with Crippen LogP contribution in [0.4, 0.5) is 0 Å². The molecule has 1 aromatic rings. The van der Waals surface area contributed by atoms with E-state index in [0.29, 0.717) is 0 Å². The lowest BCUT2D eigenvalue weighted by atomic mass is 10.4. The Labute approximate surface area is 74.8 Å². The Kier molecular flexibility index (Phi) is 6.65. The Morgan fingerprint density at radius 2 is 1.67 bits per heavy atom. The summed E-state index contributed by atoms with van der Waals surface area (Å²) in [6.07, 6.45) is 1.68. The largest absolute Gasteiger partial charge is 0.482 e. The number of hydrogen-bond acceptors (Lipinski definition) is 3. The summed E-state index contributed by atoms with van der Waals surface area (Å²) in [4.78, 5) is 0.887. The van der Waals surface area contributed by atoms with Crippen LogP contribution < -0.4 is 0 Å². The topological polar surface area (TPSA) is 57.5 Å². The van der Waals surface area contributed by atoms with Crippen molar-refractivity contribution in [2.45, 2.75) is 4.90 Å². The Hall–Kier alpha value is -0.645. The van der Waals surface area contributed by atoms with Crippen LogP contribution in [0.15, 0.2) is 35.2 Å². The van der Waals surface area contributed by atoms with E-state index < -0.39 is 10.8 Å². The molecule has 0 aliphatic rings. The lowest BCUT2D eigenvalue weighted by Crippen LogP contribution is -1.83. The fraction of sp³-hybridized carbons (Fsp3) is 0.143. The normalized spacial score (nSPS) is 10.9. The third kappa shape index (κ3) is 5.06. The van der Waals surface area contributed by atoms with E-state index >= 15 is 0 Å². The molecule has 0 spiro atoms. The summed E-state index contributed by atoms with van der Waals surface area (Å²) >= 11 is 0. The van der Waals surface area contributed by atoms with E-state index in [1.54, 1.807) is 6.26 Å². The molecule has 1 rings (SSSR count). The summed E-state index contributed by atoms with van der Waals surface area (Å²) in [5, 5.41) is 14.0. The summed E-state index contributed by atoms with van der Waals surface area (Å²) < 4.78 is 10.8. The Morgan fingerprint density at radius 1 is 1.25 bits per heavy atom. The van der Waals surface area contributed by atoms with E-state index in [9.17, 15) is 4.21 Å². The molecule has 2 N–H and O–H groups in total. The first kappa shape index (κ1) is 11.4. The molecule has 0 saturated heterocycles. The van der Waals surface area contributed by atoms with E-state index in [1.807, 2.05) is 30.3 Å². The van der Waals surface area contributed by atoms with Crippen molar-refractivity contribution in [2.75, 3.05) is 6.26 Å². The fourth-order valence-electron chi connectivity index (χ4n) is 0.612. The molecule has 0 amide bonds. The molecule has 0 aliphatic carbocycles. The summed E-state index contributed by atoms with van der Waals surface area (Å²) in [7, 11) is -0.829. The van der Waals surface area contributed by atoms with Crippen molar-refractivity contribution in [1.82, 2.24) is 0 Å². The maximum absolute atomic E-state index is 10.8. The first-order valence-electron chi connectivity index (χ1n) is 3.21. The average molecular weight is 185 g/mol. The van der Waals surface area contributed by atoms with Crippen molar-refractivity contribution in [3.63, 3.8) is 0 Å². The lowest BCUT2D eigenvalue weighted by molar-refractivity contribution is 0.448. The van der Waals surface area contributed by atoms with Gasteiger partial charge in [-0.3, -0.25) is 4.21 Å². The van der Waals surface area contributed by atoms with Crippen molar-refractivity contribution < 1.29 is 14.3 Å². The Balaban J connectivity index is 0.000000354. The zero-order chi connectivity index (χ0) is 9.40. The first-order valence-corrected chi connectivity index (χ1v) is 4.76. The molecule has 1 atom stereocenters. The van der Waals surface area contributed by atoms with Crippen LogP contribution >= 0.6 is 0 Å². The molecule has 0 aromatic heterocycles. The zero-order valence-electron chi connectivity index (χ0n) is 6.68. The molecule has 12 heavy (non-hydrogen) atoms. The fourth-order valence-corrected chi connectivity index (χ4v) is 1.15. The molecule has 0 bridgehead atoms. The molecule has 1 aromatic carbocycles. The van der Waals surface area contributed by atoms with E-state index in [0.717, 1.165) is 4.90 Å². The van der Waals surface area contributed by atoms with Gasteiger partial charge in [-0.25, -0.2) is 0 Å². The third-order valence-corrected chi connectivity index (χ3v) is 2.01. The average Bonchev–Trinajstić information content (AvgIpc) is 2.07. The minimum atomic E-state index is -0.829. The van der Waals surface area contributed by atoms with Crippen LogP contribution in [0.3, 0.4) is 0 Å². The molecule has 0 saturated carbocycles. The molecule has 0 heterocycles. The van der Waals surface area contributed by atoms with Gasteiger partial charge in [0.25, 0.3) is 0 Å². The van der Waals surface area contributed by atoms with Crippen LogP contribution in [0.5, 0.6) is 0 Å². The second-order valence-electron chi connectivity index (χ2n) is 1.88. The molecule has 1 unspecified atom stereocenters. The van der Waals surface area contributed by atoms with Gasteiger partial charge < -0.3 is 10.0 Å². The molecular formula is C7H10BO3S. The van der Waals surface area contributed by atoms with Gasteiger partial charge in [0.1, 0.15) is 0 Å². The molecule has 1 radical (unpaired) electrons. The van der Waals surface area contributed by atoms with Gasteiger partial charge in [-0.15, -0.1) is 0 Å². The molecule has 3 nitrogen and oxygen atoms in total. The second-order valence-corrected chi connectivity index (χ2v) is 3.26. The molecule has 65 valence electrons. The summed E-state index contributed by atoms with van der Waals surface area (Å²) in [6.45, 7) is 0. The van der Waals surface area contributed by atoms with Crippen LogP contribution in [0.2, 0.25) is 0 Å². The van der Waals surface area contributed by atoms with E-state index in [-0.39, 0.29) is 7.69 Å². The Bertz CT molecular complexity index is 227. The highest BCUT2D eigenvalue weighted by atomic mass is 32.2. The van der Waals surface area contributed by atoms with Gasteiger partial charge in [0, 0.05) is 22.0 Å². The van der Waals surface area contributed by atoms with Crippen LogP contribution in [0.25, 0.3) is 0 Å². The van der Waals surface area contributed by atoms with E-state index in [2.05, 4.69) is 0 Å². The highest BCUT2D eigenvalue weighted by Crippen LogP contribution is 2.01. The van der Waals surface area contributed by atoms with Crippen LogP contribution in [0, 0.1) is 0 Å². The molecular weight excluding hydrogens is 175 g/mol. The number of rotatable bonds is 1. The predicted octanol–water partition coefficient (Wildman–Crippen LogP) is -0.0708. The van der Waals surface area contributed by atoms with Crippen molar-refractivity contribution in [2.24, 2.45) is 0 Å². The number of hydrogen-bond donors (Lipinski definition) is 2. The van der Waals surface area contributed by atoms with Crippen LogP contribution in [-0.2, 0) is 10.8 Å². The maximum Gasteiger partial charge on any atom is 0.482 e. The smallest absolute Gasteiger partial charge is 0.429 e. The zero-order valence-corrected chi connectivity index (χ0v) is 7.49. The highest BCUT2D eigenvalue weighted by molar-refractivity contribution is 7.84. The van der Waals surface area contributed by atoms with Gasteiger partial charge in [-0.1, -0.05) is 18.2 Å². The van der Waals surface area contributed by atoms with Crippen molar-refractivity contribution in [1.29, 1.82) is 0 Å².